The Morgan fingerprint density at radius 1 is 1.40 bits per heavy atom. The number of nitrogens with zero attached hydrogens (tertiary/aromatic N) is 2. The van der Waals surface area contributed by atoms with Crippen molar-refractivity contribution in [2.75, 3.05) is 33.2 Å². The van der Waals surface area contributed by atoms with Crippen molar-refractivity contribution >= 4 is 6.03 Å². The molecule has 2 fully saturated rings. The van der Waals surface area contributed by atoms with Gasteiger partial charge in [-0.3, -0.25) is 0 Å². The van der Waals surface area contributed by atoms with Crippen molar-refractivity contribution in [2.24, 2.45) is 0 Å². The molecule has 2 amide bonds. The number of urea groups is 1. The fourth-order valence-electron chi connectivity index (χ4n) is 2.45. The second-order valence-corrected chi connectivity index (χ2v) is 4.63. The van der Waals surface area contributed by atoms with E-state index in [4.69, 9.17) is 0 Å². The lowest BCUT2D eigenvalue weighted by Crippen LogP contribution is -2.48. The fourth-order valence-corrected chi connectivity index (χ4v) is 2.45. The smallest absolute Gasteiger partial charge is 0.319 e. The largest absolute Gasteiger partial charge is 0.328 e. The van der Waals surface area contributed by atoms with E-state index in [9.17, 15) is 4.79 Å². The van der Waals surface area contributed by atoms with E-state index in [-0.39, 0.29) is 6.03 Å². The second-order valence-electron chi connectivity index (χ2n) is 4.63. The van der Waals surface area contributed by atoms with Crippen LogP contribution in [-0.2, 0) is 0 Å². The highest BCUT2D eigenvalue weighted by molar-refractivity contribution is 5.74. The summed E-state index contributed by atoms with van der Waals surface area (Å²) in [7, 11) is 1.89. The van der Waals surface area contributed by atoms with Crippen molar-refractivity contribution in [3.8, 4) is 0 Å². The van der Waals surface area contributed by atoms with Gasteiger partial charge in [0.2, 0.25) is 0 Å². The first-order valence-electron chi connectivity index (χ1n) is 6.01. The van der Waals surface area contributed by atoms with Gasteiger partial charge in [-0.15, -0.1) is 0 Å². The summed E-state index contributed by atoms with van der Waals surface area (Å²) in [6.07, 6.45) is 4.79. The number of hydrogen-bond acceptors (Lipinski definition) is 2. The molecule has 0 saturated carbocycles. The van der Waals surface area contributed by atoms with Gasteiger partial charge in [-0.25, -0.2) is 4.79 Å². The topological polar surface area (TPSA) is 35.6 Å². The predicted octanol–water partition coefficient (Wildman–Crippen LogP) is 0.886. The molecule has 4 nitrogen and oxygen atoms in total. The summed E-state index contributed by atoms with van der Waals surface area (Å²) >= 11 is 0. The van der Waals surface area contributed by atoms with Crippen molar-refractivity contribution in [3.05, 3.63) is 0 Å². The lowest BCUT2D eigenvalue weighted by atomic mass is 10.1. The summed E-state index contributed by atoms with van der Waals surface area (Å²) in [4.78, 5) is 15.6. The third kappa shape index (κ3) is 2.62. The molecule has 86 valence electrons. The van der Waals surface area contributed by atoms with E-state index in [1.807, 2.05) is 16.8 Å². The van der Waals surface area contributed by atoms with Crippen molar-refractivity contribution in [3.63, 3.8) is 0 Å². The van der Waals surface area contributed by atoms with Crippen LogP contribution in [0.25, 0.3) is 0 Å². The highest BCUT2D eigenvalue weighted by atomic mass is 16.2. The van der Waals surface area contributed by atoms with Crippen LogP contribution in [0.1, 0.15) is 25.7 Å². The summed E-state index contributed by atoms with van der Waals surface area (Å²) < 4.78 is 0. The summed E-state index contributed by atoms with van der Waals surface area (Å²) in [6, 6.07) is 0.851. The molecule has 1 unspecified atom stereocenters. The fraction of sp³-hybridized carbons (Fsp3) is 0.909. The highest BCUT2D eigenvalue weighted by Crippen LogP contribution is 2.12. The maximum absolute atomic E-state index is 11.8. The number of carbonyl (C=O) groups is 1. The molecule has 0 spiro atoms. The Hall–Kier alpha value is -0.770. The lowest BCUT2D eigenvalue weighted by Gasteiger charge is -2.33. The Kier molecular flexibility index (Phi) is 3.46. The van der Waals surface area contributed by atoms with Crippen LogP contribution in [0.4, 0.5) is 4.79 Å². The molecular formula is C11H21N3O. The molecule has 2 aliphatic rings. The van der Waals surface area contributed by atoms with Gasteiger partial charge in [0.05, 0.1) is 0 Å². The van der Waals surface area contributed by atoms with E-state index in [1.54, 1.807) is 0 Å². The van der Waals surface area contributed by atoms with Gasteiger partial charge >= 0.3 is 6.03 Å². The van der Waals surface area contributed by atoms with Gasteiger partial charge in [0.15, 0.2) is 0 Å². The van der Waals surface area contributed by atoms with E-state index in [1.165, 1.54) is 12.8 Å². The van der Waals surface area contributed by atoms with Gasteiger partial charge in [-0.1, -0.05) is 0 Å². The molecule has 1 atom stereocenters. The Morgan fingerprint density at radius 3 is 3.00 bits per heavy atom. The quantitative estimate of drug-likeness (QED) is 0.752. The lowest BCUT2D eigenvalue weighted by molar-refractivity contribution is 0.139. The Morgan fingerprint density at radius 2 is 2.27 bits per heavy atom. The zero-order chi connectivity index (χ0) is 10.7. The molecule has 0 aromatic rings. The van der Waals surface area contributed by atoms with Gasteiger partial charge in [0.1, 0.15) is 0 Å². The zero-order valence-corrected chi connectivity index (χ0v) is 9.54. The average molecular weight is 211 g/mol. The monoisotopic (exact) mass is 211 g/mol. The minimum atomic E-state index is 0.208. The van der Waals surface area contributed by atoms with Gasteiger partial charge < -0.3 is 15.1 Å². The molecule has 0 aromatic carbocycles. The molecule has 0 radical (unpaired) electrons. The molecule has 1 N–H and O–H groups in total. The van der Waals surface area contributed by atoms with Crippen LogP contribution in [0.3, 0.4) is 0 Å². The van der Waals surface area contributed by atoms with Gasteiger partial charge in [-0.05, 0) is 32.2 Å². The third-order valence-electron chi connectivity index (χ3n) is 3.43. The maximum Gasteiger partial charge on any atom is 0.319 e. The van der Waals surface area contributed by atoms with E-state index in [0.29, 0.717) is 6.04 Å². The Bertz CT molecular complexity index is 226. The summed E-state index contributed by atoms with van der Waals surface area (Å²) in [5, 5.41) is 3.47. The number of amides is 2. The Labute approximate surface area is 91.6 Å². The SMILES string of the molecule is CN1CCCN(CCC2CCCN2)C1=O. The van der Waals surface area contributed by atoms with Gasteiger partial charge in [0, 0.05) is 32.7 Å². The van der Waals surface area contributed by atoms with E-state index in [0.717, 1.165) is 39.0 Å². The van der Waals surface area contributed by atoms with Crippen LogP contribution < -0.4 is 5.32 Å². The van der Waals surface area contributed by atoms with E-state index in [2.05, 4.69) is 5.32 Å². The first-order valence-corrected chi connectivity index (χ1v) is 6.01. The predicted molar refractivity (Wildman–Crippen MR) is 59.9 cm³/mol. The third-order valence-corrected chi connectivity index (χ3v) is 3.43. The summed E-state index contributed by atoms with van der Waals surface area (Å²) in [5.41, 5.74) is 0. The molecule has 15 heavy (non-hydrogen) atoms. The minimum Gasteiger partial charge on any atom is -0.328 e. The second kappa shape index (κ2) is 4.84. The number of carbonyl (C=O) groups excluding carboxylic acids is 1. The number of rotatable bonds is 3. The van der Waals surface area contributed by atoms with Crippen LogP contribution in [0.5, 0.6) is 0 Å². The molecule has 2 aliphatic heterocycles. The minimum absolute atomic E-state index is 0.208. The molecule has 0 aromatic heterocycles. The van der Waals surface area contributed by atoms with Crippen LogP contribution in [0.2, 0.25) is 0 Å². The van der Waals surface area contributed by atoms with Crippen LogP contribution in [0.15, 0.2) is 0 Å². The van der Waals surface area contributed by atoms with Crippen molar-refractivity contribution < 1.29 is 4.79 Å². The van der Waals surface area contributed by atoms with E-state index < -0.39 is 0 Å². The molecule has 4 heteroatoms. The molecule has 2 heterocycles. The van der Waals surface area contributed by atoms with Gasteiger partial charge in [0.25, 0.3) is 0 Å². The maximum atomic E-state index is 11.8. The summed E-state index contributed by atoms with van der Waals surface area (Å²) in [5.74, 6) is 0. The molecule has 2 saturated heterocycles. The highest BCUT2D eigenvalue weighted by Gasteiger charge is 2.23. The van der Waals surface area contributed by atoms with E-state index >= 15 is 0 Å². The molecular weight excluding hydrogens is 190 g/mol. The number of hydrogen-bond donors (Lipinski definition) is 1. The first kappa shape index (κ1) is 10.7. The zero-order valence-electron chi connectivity index (χ0n) is 9.54. The normalized spacial score (nSPS) is 27.5. The van der Waals surface area contributed by atoms with Gasteiger partial charge in [-0.2, -0.15) is 0 Å². The summed E-state index contributed by atoms with van der Waals surface area (Å²) in [6.45, 7) is 3.92. The van der Waals surface area contributed by atoms with Crippen molar-refractivity contribution in [2.45, 2.75) is 31.7 Å². The molecule has 0 bridgehead atoms. The average Bonchev–Trinajstić information content (AvgIpc) is 2.73. The van der Waals surface area contributed by atoms with Crippen molar-refractivity contribution in [1.29, 1.82) is 0 Å². The van der Waals surface area contributed by atoms with Crippen molar-refractivity contribution in [1.82, 2.24) is 15.1 Å². The molecule has 2 rings (SSSR count). The van der Waals surface area contributed by atoms with Crippen LogP contribution in [0, 0.1) is 0 Å². The standard InChI is InChI=1S/C11H21N3O/c1-13-7-3-8-14(11(13)15)9-5-10-4-2-6-12-10/h10,12H,2-9H2,1H3. The first-order chi connectivity index (χ1) is 7.27. The number of nitrogens with one attached hydrogen (secondary N) is 1. The van der Waals surface area contributed by atoms with Crippen LogP contribution >= 0.6 is 0 Å². The molecule has 0 aliphatic carbocycles. The Balaban J connectivity index is 1.75. The van der Waals surface area contributed by atoms with Crippen LogP contribution in [-0.4, -0.2) is 55.1 Å².